The maximum atomic E-state index is 12.5. The van der Waals surface area contributed by atoms with Crippen molar-refractivity contribution in [3.8, 4) is 28.4 Å². The molecule has 1 saturated heterocycles. The number of ether oxygens (including phenoxy) is 4. The van der Waals surface area contributed by atoms with E-state index in [1.165, 1.54) is 23.0 Å². The second-order valence-corrected chi connectivity index (χ2v) is 12.7. The molecule has 1 heterocycles. The van der Waals surface area contributed by atoms with Gasteiger partial charge in [0.1, 0.15) is 25.0 Å². The van der Waals surface area contributed by atoms with E-state index in [0.29, 0.717) is 43.1 Å². The Bertz CT molecular complexity index is 1780. The van der Waals surface area contributed by atoms with E-state index in [-0.39, 0.29) is 24.9 Å². The van der Waals surface area contributed by atoms with Crippen molar-refractivity contribution in [2.45, 2.75) is 57.1 Å². The van der Waals surface area contributed by atoms with Gasteiger partial charge in [-0.2, -0.15) is 0 Å². The molecule has 1 amide bonds. The van der Waals surface area contributed by atoms with Crippen LogP contribution in [0.1, 0.15) is 66.9 Å². The first-order valence-electron chi connectivity index (χ1n) is 17.2. The topological polar surface area (TPSA) is 132 Å². The number of hydrogen-bond donors (Lipinski definition) is 2. The molecule has 0 saturated carbocycles. The number of carbonyl (C=O) groups is 3. The average molecular weight is 696 g/mol. The van der Waals surface area contributed by atoms with E-state index in [2.05, 4.69) is 24.3 Å². The number of aliphatic carboxylic acids is 1. The second kappa shape index (κ2) is 17.5. The number of hydrogen-bond acceptors (Lipinski definition) is 8. The number of rotatable bonds is 12. The number of carbonyl (C=O) groups excluding carboxylic acids is 2. The van der Waals surface area contributed by atoms with Crippen LogP contribution in [0, 0.1) is 0 Å². The van der Waals surface area contributed by atoms with Crippen LogP contribution in [0.4, 0.5) is 4.79 Å². The highest BCUT2D eigenvalue weighted by Gasteiger charge is 2.35. The lowest BCUT2D eigenvalue weighted by Gasteiger charge is -2.32. The van der Waals surface area contributed by atoms with Crippen molar-refractivity contribution in [2.24, 2.45) is 0 Å². The Labute approximate surface area is 298 Å². The normalized spacial score (nSPS) is 15.4. The average Bonchev–Trinajstić information content (AvgIpc) is 3.48. The van der Waals surface area contributed by atoms with Gasteiger partial charge in [-0.3, -0.25) is 9.69 Å². The van der Waals surface area contributed by atoms with Crippen LogP contribution in [0.25, 0.3) is 11.1 Å². The molecule has 2 atom stereocenters. The number of aliphatic hydroxyl groups is 1. The molecule has 0 unspecified atom stereocenters. The van der Waals surface area contributed by atoms with Gasteiger partial charge in [0, 0.05) is 12.5 Å². The Balaban J connectivity index is 0.000000198. The monoisotopic (exact) mass is 695 g/mol. The number of Topliss-reactive ketones (excluding diaryl/α,β-unsaturated/α-hetero) is 1. The summed E-state index contributed by atoms with van der Waals surface area (Å²) in [6, 6.07) is 28.4. The molecule has 6 rings (SSSR count). The first-order valence-corrected chi connectivity index (χ1v) is 17.2. The number of carboxylic acid groups (broad SMARTS) is 1. The smallest absolute Gasteiger partial charge is 0.410 e. The zero-order chi connectivity index (χ0) is 36.3. The molecule has 1 aliphatic carbocycles. The third-order valence-electron chi connectivity index (χ3n) is 9.20. The maximum Gasteiger partial charge on any atom is 0.410 e. The molecule has 1 fully saturated rings. The maximum absolute atomic E-state index is 12.5. The first kappa shape index (κ1) is 36.9. The van der Waals surface area contributed by atoms with E-state index in [9.17, 15) is 24.6 Å². The lowest BCUT2D eigenvalue weighted by Crippen LogP contribution is -2.48. The number of carboxylic acids is 1. The lowest BCUT2D eigenvalue weighted by atomic mass is 9.98. The van der Waals surface area contributed by atoms with Crippen LogP contribution in [0.5, 0.6) is 17.2 Å². The van der Waals surface area contributed by atoms with Gasteiger partial charge in [-0.05, 0) is 96.7 Å². The van der Waals surface area contributed by atoms with Crippen LogP contribution < -0.4 is 14.2 Å². The van der Waals surface area contributed by atoms with Gasteiger partial charge in [0.15, 0.2) is 17.3 Å². The summed E-state index contributed by atoms with van der Waals surface area (Å²) < 4.78 is 21.5. The summed E-state index contributed by atoms with van der Waals surface area (Å²) in [4.78, 5) is 36.3. The summed E-state index contributed by atoms with van der Waals surface area (Å²) in [5.41, 5.74) is 6.46. The number of benzene rings is 4. The summed E-state index contributed by atoms with van der Waals surface area (Å²) in [6.07, 6.45) is 2.23. The highest BCUT2D eigenvalue weighted by molar-refractivity contribution is 5.81. The Hall–Kier alpha value is -5.35. The van der Waals surface area contributed by atoms with E-state index in [0.717, 1.165) is 35.1 Å². The van der Waals surface area contributed by atoms with Crippen LogP contribution >= 0.6 is 0 Å². The molecule has 2 aliphatic rings. The first-order chi connectivity index (χ1) is 24.7. The predicted octanol–water partition coefficient (Wildman–Crippen LogP) is 7.21. The van der Waals surface area contributed by atoms with Gasteiger partial charge in [-0.1, -0.05) is 66.7 Å². The molecular weight excluding hydrogens is 650 g/mol. The third kappa shape index (κ3) is 9.26. The van der Waals surface area contributed by atoms with E-state index >= 15 is 0 Å². The minimum atomic E-state index is -0.960. The molecular formula is C41H45NO9. The number of amides is 1. The predicted molar refractivity (Wildman–Crippen MR) is 192 cm³/mol. The van der Waals surface area contributed by atoms with Gasteiger partial charge in [0.2, 0.25) is 0 Å². The Morgan fingerprint density at radius 1 is 0.843 bits per heavy atom. The van der Waals surface area contributed by atoms with Gasteiger partial charge in [0.25, 0.3) is 0 Å². The quantitative estimate of drug-likeness (QED) is 0.158. The number of likely N-dealkylation sites (tertiary alicyclic amines) is 1. The van der Waals surface area contributed by atoms with Crippen LogP contribution in [-0.4, -0.2) is 73.0 Å². The van der Waals surface area contributed by atoms with Gasteiger partial charge in [0.05, 0.1) is 20.3 Å². The van der Waals surface area contributed by atoms with E-state index in [1.54, 1.807) is 26.4 Å². The molecule has 0 aromatic heterocycles. The molecule has 2 N–H and O–H groups in total. The SMILES string of the molecule is COc1ccc(CC[C@@H](O)c2cccc(OCC(C)=O)c2)cc1OC.O=C(O)[C@@H]1CCCCN1C(=O)OCC1c2ccccc2-c2ccccc21. The van der Waals surface area contributed by atoms with Crippen molar-refractivity contribution in [3.63, 3.8) is 0 Å². The number of aliphatic hydroxyl groups excluding tert-OH is 1. The molecule has 1 aliphatic heterocycles. The molecule has 0 spiro atoms. The van der Waals surface area contributed by atoms with Gasteiger partial charge in [-0.25, -0.2) is 9.59 Å². The van der Waals surface area contributed by atoms with Crippen LogP contribution in [0.15, 0.2) is 91.0 Å². The number of aryl methyl sites for hydroxylation is 1. The molecule has 51 heavy (non-hydrogen) atoms. The van der Waals surface area contributed by atoms with Crippen LogP contribution in [0.3, 0.4) is 0 Å². The van der Waals surface area contributed by atoms with Crippen molar-refractivity contribution in [3.05, 3.63) is 113 Å². The Kier molecular flexibility index (Phi) is 12.7. The zero-order valence-corrected chi connectivity index (χ0v) is 29.2. The van der Waals surface area contributed by atoms with E-state index in [1.807, 2.05) is 54.6 Å². The number of ketones is 1. The number of piperidine rings is 1. The van der Waals surface area contributed by atoms with E-state index in [4.69, 9.17) is 18.9 Å². The minimum Gasteiger partial charge on any atom is -0.493 e. The molecule has 10 heteroatoms. The lowest BCUT2D eigenvalue weighted by molar-refractivity contribution is -0.143. The van der Waals surface area contributed by atoms with E-state index < -0.39 is 24.2 Å². The number of nitrogens with zero attached hydrogens (tertiary/aromatic N) is 1. The Morgan fingerprint density at radius 2 is 1.53 bits per heavy atom. The van der Waals surface area contributed by atoms with Crippen molar-refractivity contribution >= 4 is 17.8 Å². The van der Waals surface area contributed by atoms with Gasteiger partial charge >= 0.3 is 12.1 Å². The minimum absolute atomic E-state index is 0.0144. The summed E-state index contributed by atoms with van der Waals surface area (Å²) in [5, 5.41) is 19.8. The highest BCUT2D eigenvalue weighted by Crippen LogP contribution is 2.44. The zero-order valence-electron chi connectivity index (χ0n) is 29.2. The number of methoxy groups -OCH3 is 2. The largest absolute Gasteiger partial charge is 0.493 e. The summed E-state index contributed by atoms with van der Waals surface area (Å²) in [6.45, 7) is 2.16. The number of fused-ring (bicyclic) bond motifs is 3. The molecule has 4 aromatic carbocycles. The summed E-state index contributed by atoms with van der Waals surface area (Å²) >= 11 is 0. The Morgan fingerprint density at radius 3 is 2.18 bits per heavy atom. The van der Waals surface area contributed by atoms with Crippen LogP contribution in [0.2, 0.25) is 0 Å². The molecule has 268 valence electrons. The van der Waals surface area contributed by atoms with Gasteiger partial charge in [-0.15, -0.1) is 0 Å². The third-order valence-corrected chi connectivity index (χ3v) is 9.20. The van der Waals surface area contributed by atoms with Gasteiger partial charge < -0.3 is 29.2 Å². The summed E-state index contributed by atoms with van der Waals surface area (Å²) in [5.74, 6) is 0.922. The van der Waals surface area contributed by atoms with Crippen molar-refractivity contribution in [1.29, 1.82) is 0 Å². The highest BCUT2D eigenvalue weighted by atomic mass is 16.6. The molecule has 4 aromatic rings. The van der Waals surface area contributed by atoms with Crippen LogP contribution in [-0.2, 0) is 20.7 Å². The molecule has 0 radical (unpaired) electrons. The fourth-order valence-corrected chi connectivity index (χ4v) is 6.59. The standard InChI is InChI=1S/C21H21NO4.C20H24O5/c23-20(24)19-11-5-6-12-22(19)21(25)26-13-18-16-9-3-1-7-14(16)15-8-2-4-10-17(15)18;1-14(21)13-25-17-6-4-5-16(12-17)18(22)9-7-15-8-10-19(23-2)20(11-15)24-3/h1-4,7-10,18-19H,5-6,11-13H2,(H,23,24);4-6,8,10-12,18,22H,7,9,13H2,1-3H3/t19-;18-/m01/s1. The summed E-state index contributed by atoms with van der Waals surface area (Å²) in [7, 11) is 3.20. The van der Waals surface area contributed by atoms with Crippen molar-refractivity contribution in [2.75, 3.05) is 34.0 Å². The fraction of sp³-hybridized carbons (Fsp3) is 0.341. The fourth-order valence-electron chi connectivity index (χ4n) is 6.59. The van der Waals surface area contributed by atoms with Crippen molar-refractivity contribution < 1.29 is 43.5 Å². The van der Waals surface area contributed by atoms with Crippen molar-refractivity contribution in [1.82, 2.24) is 4.90 Å². The molecule has 0 bridgehead atoms. The second-order valence-electron chi connectivity index (χ2n) is 12.7. The molecule has 10 nitrogen and oxygen atoms in total.